The van der Waals surface area contributed by atoms with Crippen molar-refractivity contribution in [1.29, 1.82) is 0 Å². The molecule has 6 rings (SSSR count). The van der Waals surface area contributed by atoms with Crippen LogP contribution in [0, 0.1) is 6.92 Å². The van der Waals surface area contributed by atoms with Crippen molar-refractivity contribution in [2.24, 2.45) is 0 Å². The van der Waals surface area contributed by atoms with E-state index in [1.54, 1.807) is 31.2 Å². The summed E-state index contributed by atoms with van der Waals surface area (Å²) >= 11 is 0. The molecule has 1 N–H and O–H groups in total. The molecule has 1 aromatic heterocycles. The van der Waals surface area contributed by atoms with Crippen LogP contribution < -0.4 is 16.6 Å². The Morgan fingerprint density at radius 3 is 2.23 bits per heavy atom. The highest BCUT2D eigenvalue weighted by Crippen LogP contribution is 2.43. The predicted molar refractivity (Wildman–Crippen MR) is 157 cm³/mol. The number of hydrogen-bond acceptors (Lipinski definition) is 8. The zero-order valence-electron chi connectivity index (χ0n) is 23.8. The predicted octanol–water partition coefficient (Wildman–Crippen LogP) is 3.17. The molecule has 10 heteroatoms. The van der Waals surface area contributed by atoms with Crippen molar-refractivity contribution in [3.8, 4) is 0 Å². The molecule has 2 aliphatic rings. The third kappa shape index (κ3) is 5.95. The highest BCUT2D eigenvalue weighted by atomic mass is 16.6. The van der Waals surface area contributed by atoms with Crippen LogP contribution in [0.1, 0.15) is 33.3 Å². The SMILES string of the molecule is Cc1cn([C@@H]2O[C@@]3(COC(=O)c4ccccc4)CN[C@@H]2[C@H]3OCc2ccccc2)c(=O)n(COCc2ccccc2)c1=O. The molecule has 3 heterocycles. The first-order chi connectivity index (χ1) is 20.9. The largest absolute Gasteiger partial charge is 0.459 e. The lowest BCUT2D eigenvalue weighted by Gasteiger charge is -2.32. The number of nitrogens with one attached hydrogen (secondary N) is 1. The number of carbonyl (C=O) groups is 1. The molecule has 10 nitrogen and oxygen atoms in total. The molecule has 4 aromatic rings. The van der Waals surface area contributed by atoms with Crippen molar-refractivity contribution in [3.05, 3.63) is 140 Å². The van der Waals surface area contributed by atoms with Gasteiger partial charge in [-0.25, -0.2) is 14.2 Å². The standard InChI is InChI=1S/C33H33N3O7/c1-23-17-35(32(39)36(29(23)37)22-40-18-24-11-5-2-6-12-24)30-27-28(41-19-25-13-7-3-8-14-25)33(43-30,20-34-27)21-42-31(38)26-15-9-4-10-16-26/h2-17,27-28,30,34H,18-22H2,1H3/t27-,28-,30-,33-/m1/s1. The first-order valence-electron chi connectivity index (χ1n) is 14.2. The van der Waals surface area contributed by atoms with Gasteiger partial charge in [0.2, 0.25) is 0 Å². The summed E-state index contributed by atoms with van der Waals surface area (Å²) in [4.78, 5) is 39.5. The van der Waals surface area contributed by atoms with Crippen molar-refractivity contribution < 1.29 is 23.7 Å². The van der Waals surface area contributed by atoms with E-state index in [-0.39, 0.29) is 19.9 Å². The molecule has 43 heavy (non-hydrogen) atoms. The van der Waals surface area contributed by atoms with E-state index in [0.717, 1.165) is 15.7 Å². The number of esters is 1. The number of nitrogens with zero attached hydrogens (tertiary/aromatic N) is 2. The van der Waals surface area contributed by atoms with Crippen molar-refractivity contribution in [2.45, 2.75) is 50.8 Å². The monoisotopic (exact) mass is 583 g/mol. The topological polar surface area (TPSA) is 110 Å². The summed E-state index contributed by atoms with van der Waals surface area (Å²) in [5, 5.41) is 3.42. The first kappa shape index (κ1) is 28.8. The zero-order chi connectivity index (χ0) is 29.8. The Morgan fingerprint density at radius 1 is 0.930 bits per heavy atom. The molecule has 2 aliphatic heterocycles. The molecule has 2 fully saturated rings. The van der Waals surface area contributed by atoms with Crippen molar-refractivity contribution >= 4 is 5.97 Å². The summed E-state index contributed by atoms with van der Waals surface area (Å²) < 4.78 is 26.9. The maximum absolute atomic E-state index is 13.7. The average molecular weight is 584 g/mol. The third-order valence-corrected chi connectivity index (χ3v) is 7.85. The average Bonchev–Trinajstić information content (AvgIpc) is 3.55. The minimum atomic E-state index is -1.06. The Hall–Kier alpha value is -4.35. The Labute approximate surface area is 248 Å². The van der Waals surface area contributed by atoms with Gasteiger partial charge in [0.1, 0.15) is 25.0 Å². The quantitative estimate of drug-likeness (QED) is 0.268. The van der Waals surface area contributed by atoms with Crippen LogP contribution in [-0.2, 0) is 38.9 Å². The number of aryl methyl sites for hydroxylation is 1. The lowest BCUT2D eigenvalue weighted by atomic mass is 10.00. The van der Waals surface area contributed by atoms with Gasteiger partial charge in [-0.2, -0.15) is 0 Å². The van der Waals surface area contributed by atoms with Crippen LogP contribution >= 0.6 is 0 Å². The number of morpholine rings is 1. The van der Waals surface area contributed by atoms with Gasteiger partial charge in [-0.1, -0.05) is 78.9 Å². The van der Waals surface area contributed by atoms with Gasteiger partial charge >= 0.3 is 11.7 Å². The minimum absolute atomic E-state index is 0.0895. The van der Waals surface area contributed by atoms with E-state index in [4.69, 9.17) is 18.9 Å². The Morgan fingerprint density at radius 2 is 1.56 bits per heavy atom. The van der Waals surface area contributed by atoms with Crippen LogP contribution in [-0.4, -0.2) is 46.0 Å². The summed E-state index contributed by atoms with van der Waals surface area (Å²) in [5.41, 5.74) is 0.614. The van der Waals surface area contributed by atoms with Crippen LogP contribution in [0.25, 0.3) is 0 Å². The fourth-order valence-corrected chi connectivity index (χ4v) is 5.64. The first-order valence-corrected chi connectivity index (χ1v) is 14.2. The second-order valence-electron chi connectivity index (χ2n) is 10.8. The van der Waals surface area contributed by atoms with E-state index in [9.17, 15) is 14.4 Å². The number of fused-ring (bicyclic) bond motifs is 2. The number of rotatable bonds is 11. The van der Waals surface area contributed by atoms with Gasteiger partial charge in [0.05, 0.1) is 24.8 Å². The molecule has 0 saturated carbocycles. The second-order valence-corrected chi connectivity index (χ2v) is 10.8. The molecular weight excluding hydrogens is 550 g/mol. The molecular formula is C33H33N3O7. The van der Waals surface area contributed by atoms with Crippen LogP contribution in [0.5, 0.6) is 0 Å². The molecule has 2 saturated heterocycles. The molecule has 0 radical (unpaired) electrons. The molecule has 0 unspecified atom stereocenters. The van der Waals surface area contributed by atoms with E-state index in [0.29, 0.717) is 24.3 Å². The number of benzene rings is 3. The molecule has 0 aliphatic carbocycles. The number of ether oxygens (including phenoxy) is 4. The number of hydrogen-bond donors (Lipinski definition) is 1. The smallest absolute Gasteiger partial charge is 0.338 e. The van der Waals surface area contributed by atoms with Gasteiger partial charge in [-0.05, 0) is 30.2 Å². The number of carbonyl (C=O) groups excluding carboxylic acids is 1. The van der Waals surface area contributed by atoms with Gasteiger partial charge < -0.3 is 24.3 Å². The van der Waals surface area contributed by atoms with Crippen LogP contribution in [0.2, 0.25) is 0 Å². The maximum Gasteiger partial charge on any atom is 0.338 e. The van der Waals surface area contributed by atoms with E-state index in [1.165, 1.54) is 10.8 Å². The molecule has 0 amide bonds. The van der Waals surface area contributed by atoms with Gasteiger partial charge in [0, 0.05) is 18.3 Å². The van der Waals surface area contributed by atoms with E-state index < -0.39 is 41.2 Å². The summed E-state index contributed by atoms with van der Waals surface area (Å²) in [6, 6.07) is 27.5. The lowest BCUT2D eigenvalue weighted by molar-refractivity contribution is -0.144. The summed E-state index contributed by atoms with van der Waals surface area (Å²) in [7, 11) is 0. The number of aromatic nitrogens is 2. The van der Waals surface area contributed by atoms with Crippen LogP contribution in [0.3, 0.4) is 0 Å². The lowest BCUT2D eigenvalue weighted by Crippen LogP contribution is -2.50. The van der Waals surface area contributed by atoms with Crippen molar-refractivity contribution in [3.63, 3.8) is 0 Å². The van der Waals surface area contributed by atoms with Gasteiger partial charge in [0.25, 0.3) is 5.56 Å². The van der Waals surface area contributed by atoms with Crippen molar-refractivity contribution in [2.75, 3.05) is 13.2 Å². The molecule has 3 aromatic carbocycles. The molecule has 2 bridgehead atoms. The third-order valence-electron chi connectivity index (χ3n) is 7.85. The Balaban J connectivity index is 1.26. The molecule has 222 valence electrons. The highest BCUT2D eigenvalue weighted by Gasteiger charge is 2.62. The Bertz CT molecular complexity index is 1670. The van der Waals surface area contributed by atoms with E-state index in [1.807, 2.05) is 66.7 Å². The summed E-state index contributed by atoms with van der Waals surface area (Å²) in [5.74, 6) is -0.482. The summed E-state index contributed by atoms with van der Waals surface area (Å²) in [6.07, 6.45) is 0.129. The van der Waals surface area contributed by atoms with E-state index in [2.05, 4.69) is 5.32 Å². The highest BCUT2D eigenvalue weighted by molar-refractivity contribution is 5.89. The summed E-state index contributed by atoms with van der Waals surface area (Å²) in [6.45, 7) is 2.24. The normalized spacial score (nSPS) is 22.5. The fourth-order valence-electron chi connectivity index (χ4n) is 5.64. The molecule has 0 spiro atoms. The van der Waals surface area contributed by atoms with Crippen LogP contribution in [0.4, 0.5) is 0 Å². The zero-order valence-corrected chi connectivity index (χ0v) is 23.8. The van der Waals surface area contributed by atoms with Gasteiger partial charge in [0.15, 0.2) is 6.23 Å². The van der Waals surface area contributed by atoms with Gasteiger partial charge in [-0.15, -0.1) is 0 Å². The fraction of sp³-hybridized carbons (Fsp3) is 0.303. The molecule has 4 atom stereocenters. The van der Waals surface area contributed by atoms with E-state index >= 15 is 0 Å². The second kappa shape index (κ2) is 12.5. The van der Waals surface area contributed by atoms with Crippen LogP contribution in [0.15, 0.2) is 107 Å². The minimum Gasteiger partial charge on any atom is -0.459 e. The Kier molecular flexibility index (Phi) is 8.35. The van der Waals surface area contributed by atoms with Crippen molar-refractivity contribution in [1.82, 2.24) is 14.5 Å². The van der Waals surface area contributed by atoms with Gasteiger partial charge in [-0.3, -0.25) is 9.36 Å². The maximum atomic E-state index is 13.7.